The molecule has 0 rings (SSSR count). The summed E-state index contributed by atoms with van der Waals surface area (Å²) in [7, 11) is 0. The lowest BCUT2D eigenvalue weighted by molar-refractivity contribution is -0.211. The van der Waals surface area contributed by atoms with Crippen molar-refractivity contribution in [2.75, 3.05) is 0 Å². The van der Waals surface area contributed by atoms with Crippen LogP contribution in [-0.2, 0) is 0 Å². The highest BCUT2D eigenvalue weighted by molar-refractivity contribution is 6.24. The molecule has 0 N–H and O–H groups in total. The van der Waals surface area contributed by atoms with Gasteiger partial charge in [-0.05, 0) is 12.8 Å². The number of hydrogen-bond donors (Lipinski definition) is 0. The fourth-order valence-corrected chi connectivity index (χ4v) is 1.77. The molecule has 1 unspecified atom stereocenters. The number of rotatable bonds is 4. The summed E-state index contributed by atoms with van der Waals surface area (Å²) >= 11 is 5.53. The topological polar surface area (TPSA) is 0 Å². The molecule has 0 heterocycles. The van der Waals surface area contributed by atoms with E-state index >= 15 is 0 Å². The summed E-state index contributed by atoms with van der Waals surface area (Å²) in [6.45, 7) is 8.81. The Labute approximate surface area is 102 Å². The maximum absolute atomic E-state index is 14.3. The van der Waals surface area contributed by atoms with Crippen LogP contribution >= 0.6 is 11.6 Å². The molecule has 0 aliphatic carbocycles. The molecule has 1 atom stereocenters. The van der Waals surface area contributed by atoms with Gasteiger partial charge < -0.3 is 0 Å². The minimum absolute atomic E-state index is 0.185. The molecule has 0 aromatic carbocycles. The minimum atomic E-state index is -3.57. The first-order valence-electron chi connectivity index (χ1n) is 5.63. The maximum atomic E-state index is 14.3. The monoisotopic (exact) mass is 258 g/mol. The van der Waals surface area contributed by atoms with E-state index in [1.54, 1.807) is 13.8 Å². The van der Waals surface area contributed by atoms with Crippen molar-refractivity contribution in [3.8, 4) is 0 Å². The lowest BCUT2D eigenvalue weighted by atomic mass is 9.70. The van der Waals surface area contributed by atoms with Crippen LogP contribution in [0.25, 0.3) is 0 Å². The zero-order chi connectivity index (χ0) is 13.4. The van der Waals surface area contributed by atoms with Crippen molar-refractivity contribution in [2.24, 2.45) is 10.8 Å². The number of alkyl halides is 4. The predicted octanol–water partition coefficient (Wildman–Crippen LogP) is 5.40. The van der Waals surface area contributed by atoms with Gasteiger partial charge in [0.1, 0.15) is 0 Å². The summed E-state index contributed by atoms with van der Waals surface area (Å²) in [6, 6.07) is 0. The summed E-state index contributed by atoms with van der Waals surface area (Å²) in [5, 5.41) is -3.04. The van der Waals surface area contributed by atoms with Crippen molar-refractivity contribution in [1.29, 1.82) is 0 Å². The van der Waals surface area contributed by atoms with E-state index in [-0.39, 0.29) is 12.8 Å². The van der Waals surface area contributed by atoms with Gasteiger partial charge in [0.15, 0.2) is 0 Å². The SMILES string of the molecule is CCC(C)(CC)C(F)(F)C(F)(Cl)C(C)(C)C. The standard InChI is InChI=1S/C12H22ClF3/c1-7-10(6,8-2)12(15,16)11(13,14)9(3,4)5/h7-8H2,1-6H3. The van der Waals surface area contributed by atoms with Crippen LogP contribution in [-0.4, -0.2) is 11.1 Å². The van der Waals surface area contributed by atoms with E-state index < -0.39 is 21.9 Å². The van der Waals surface area contributed by atoms with E-state index in [2.05, 4.69) is 0 Å². The summed E-state index contributed by atoms with van der Waals surface area (Å²) in [6.07, 6.45) is 0.371. The second-order valence-electron chi connectivity index (χ2n) is 5.67. The molecule has 0 fully saturated rings. The largest absolute Gasteiger partial charge is 0.300 e. The van der Waals surface area contributed by atoms with Crippen LogP contribution in [0.4, 0.5) is 13.2 Å². The summed E-state index contributed by atoms with van der Waals surface area (Å²) < 4.78 is 42.7. The van der Waals surface area contributed by atoms with Crippen LogP contribution in [0.3, 0.4) is 0 Å². The third-order valence-electron chi connectivity index (χ3n) is 3.65. The van der Waals surface area contributed by atoms with Crippen molar-refractivity contribution in [3.63, 3.8) is 0 Å². The summed E-state index contributed by atoms with van der Waals surface area (Å²) in [5.74, 6) is -3.57. The lowest BCUT2D eigenvalue weighted by Gasteiger charge is -2.46. The van der Waals surface area contributed by atoms with E-state index in [1.165, 1.54) is 27.7 Å². The second-order valence-corrected chi connectivity index (χ2v) is 6.19. The first-order valence-corrected chi connectivity index (χ1v) is 6.01. The van der Waals surface area contributed by atoms with Gasteiger partial charge in [-0.25, -0.2) is 13.2 Å². The molecule has 0 spiro atoms. The third-order valence-corrected chi connectivity index (χ3v) is 4.46. The average Bonchev–Trinajstić information content (AvgIpc) is 2.14. The van der Waals surface area contributed by atoms with Gasteiger partial charge in [0.2, 0.25) is 0 Å². The minimum Gasteiger partial charge on any atom is -0.219 e. The highest BCUT2D eigenvalue weighted by atomic mass is 35.5. The molecular formula is C12H22ClF3. The lowest BCUT2D eigenvalue weighted by Crippen LogP contribution is -2.57. The normalized spacial score (nSPS) is 18.4. The van der Waals surface area contributed by atoms with Crippen molar-refractivity contribution in [1.82, 2.24) is 0 Å². The van der Waals surface area contributed by atoms with Gasteiger partial charge in [-0.1, -0.05) is 53.1 Å². The van der Waals surface area contributed by atoms with Crippen LogP contribution in [0, 0.1) is 10.8 Å². The first kappa shape index (κ1) is 16.1. The maximum Gasteiger partial charge on any atom is 0.300 e. The Balaban J connectivity index is 5.51. The zero-order valence-electron chi connectivity index (χ0n) is 10.9. The van der Waals surface area contributed by atoms with Crippen molar-refractivity contribution < 1.29 is 13.2 Å². The smallest absolute Gasteiger partial charge is 0.219 e. The molecule has 0 saturated heterocycles. The number of hydrogen-bond acceptors (Lipinski definition) is 0. The van der Waals surface area contributed by atoms with Gasteiger partial charge in [0.05, 0.1) is 0 Å². The van der Waals surface area contributed by atoms with Crippen LogP contribution in [0.5, 0.6) is 0 Å². The van der Waals surface area contributed by atoms with Crippen LogP contribution in [0.15, 0.2) is 0 Å². The Morgan fingerprint density at radius 3 is 1.38 bits per heavy atom. The Kier molecular flexibility index (Phi) is 4.42. The molecule has 0 bridgehead atoms. The summed E-state index contributed by atoms with van der Waals surface area (Å²) in [4.78, 5) is 0. The van der Waals surface area contributed by atoms with Gasteiger partial charge in [-0.15, -0.1) is 0 Å². The second kappa shape index (κ2) is 4.40. The van der Waals surface area contributed by atoms with Crippen LogP contribution in [0.2, 0.25) is 0 Å². The fourth-order valence-electron chi connectivity index (χ4n) is 1.54. The molecule has 0 aliphatic heterocycles. The predicted molar refractivity (Wildman–Crippen MR) is 62.8 cm³/mol. The van der Waals surface area contributed by atoms with Crippen LogP contribution in [0.1, 0.15) is 54.4 Å². The third kappa shape index (κ3) is 2.20. The van der Waals surface area contributed by atoms with Gasteiger partial charge in [0.25, 0.3) is 5.13 Å². The summed E-state index contributed by atoms with van der Waals surface area (Å²) in [5.41, 5.74) is -2.74. The van der Waals surface area contributed by atoms with Crippen molar-refractivity contribution >= 4 is 11.6 Å². The molecule has 16 heavy (non-hydrogen) atoms. The molecule has 0 nitrogen and oxygen atoms in total. The molecule has 0 saturated carbocycles. The Bertz CT molecular complexity index is 237. The first-order chi connectivity index (χ1) is 6.87. The fraction of sp³-hybridized carbons (Fsp3) is 1.00. The highest BCUT2D eigenvalue weighted by Gasteiger charge is 2.67. The van der Waals surface area contributed by atoms with Gasteiger partial charge in [-0.3, -0.25) is 0 Å². The van der Waals surface area contributed by atoms with Crippen molar-refractivity contribution in [3.05, 3.63) is 0 Å². The van der Waals surface area contributed by atoms with E-state index in [0.717, 1.165) is 0 Å². The molecule has 98 valence electrons. The average molecular weight is 259 g/mol. The van der Waals surface area contributed by atoms with Crippen LogP contribution < -0.4 is 0 Å². The zero-order valence-corrected chi connectivity index (χ0v) is 11.7. The Morgan fingerprint density at radius 2 is 1.19 bits per heavy atom. The molecule has 0 aliphatic rings. The Morgan fingerprint density at radius 1 is 0.875 bits per heavy atom. The molecule has 0 amide bonds. The molecule has 0 aromatic heterocycles. The number of halogens is 4. The molecule has 0 aromatic rings. The van der Waals surface area contributed by atoms with E-state index in [1.807, 2.05) is 0 Å². The highest BCUT2D eigenvalue weighted by Crippen LogP contribution is 2.58. The quantitative estimate of drug-likeness (QED) is 0.593. The van der Waals surface area contributed by atoms with Crippen molar-refractivity contribution in [2.45, 2.75) is 65.4 Å². The van der Waals surface area contributed by atoms with E-state index in [4.69, 9.17) is 11.6 Å². The van der Waals surface area contributed by atoms with Gasteiger partial charge >= 0.3 is 5.92 Å². The van der Waals surface area contributed by atoms with Gasteiger partial charge in [0, 0.05) is 10.8 Å². The molecule has 4 heteroatoms. The van der Waals surface area contributed by atoms with E-state index in [0.29, 0.717) is 0 Å². The molecule has 0 radical (unpaired) electrons. The Hall–Kier alpha value is 0.0800. The van der Waals surface area contributed by atoms with E-state index in [9.17, 15) is 13.2 Å². The molecular weight excluding hydrogens is 237 g/mol. The van der Waals surface area contributed by atoms with Gasteiger partial charge in [-0.2, -0.15) is 0 Å².